The van der Waals surface area contributed by atoms with Crippen molar-refractivity contribution in [3.63, 3.8) is 0 Å². The Morgan fingerprint density at radius 1 is 1.22 bits per heavy atom. The van der Waals surface area contributed by atoms with E-state index in [4.69, 9.17) is 11.6 Å². The number of benzene rings is 2. The number of hydrogen-bond acceptors (Lipinski definition) is 3. The number of esters is 1. The number of carbonyl (C=O) groups is 2. The van der Waals surface area contributed by atoms with Crippen LogP contribution in [0.25, 0.3) is 0 Å². The van der Waals surface area contributed by atoms with Crippen LogP contribution in [0.1, 0.15) is 15.9 Å². The molecule has 2 aromatic rings. The molecular weight excluding hydrogens is 323 g/mol. The van der Waals surface area contributed by atoms with Gasteiger partial charge >= 0.3 is 12.0 Å². The molecule has 2 amide bonds. The molecule has 5 nitrogen and oxygen atoms in total. The highest BCUT2D eigenvalue weighted by Gasteiger charge is 2.08. The zero-order valence-corrected chi connectivity index (χ0v) is 13.0. The topological polar surface area (TPSA) is 67.4 Å². The monoisotopic (exact) mass is 336 g/mol. The molecule has 0 heterocycles. The molecule has 2 N–H and O–H groups in total. The van der Waals surface area contributed by atoms with Gasteiger partial charge in [0.1, 0.15) is 5.82 Å². The average molecular weight is 337 g/mol. The van der Waals surface area contributed by atoms with Gasteiger partial charge in [-0.25, -0.2) is 14.0 Å². The Morgan fingerprint density at radius 3 is 2.70 bits per heavy atom. The Labute approximate surface area is 137 Å². The quantitative estimate of drug-likeness (QED) is 0.838. The second kappa shape index (κ2) is 7.60. The van der Waals surface area contributed by atoms with E-state index in [1.165, 1.54) is 31.4 Å². The molecule has 0 bridgehead atoms. The van der Waals surface area contributed by atoms with Gasteiger partial charge in [0.25, 0.3) is 0 Å². The van der Waals surface area contributed by atoms with Gasteiger partial charge in [0.15, 0.2) is 0 Å². The molecule has 0 saturated carbocycles. The van der Waals surface area contributed by atoms with Gasteiger partial charge in [-0.05, 0) is 35.9 Å². The number of hydrogen-bond donors (Lipinski definition) is 2. The third kappa shape index (κ3) is 4.69. The Bertz CT molecular complexity index is 737. The number of rotatable bonds is 4. The number of methoxy groups -OCH3 is 1. The van der Waals surface area contributed by atoms with E-state index in [0.29, 0.717) is 16.8 Å². The summed E-state index contributed by atoms with van der Waals surface area (Å²) in [5.74, 6) is -0.935. The molecule has 0 spiro atoms. The first kappa shape index (κ1) is 16.8. The molecule has 120 valence electrons. The van der Waals surface area contributed by atoms with Crippen molar-refractivity contribution in [2.45, 2.75) is 6.54 Å². The number of amides is 2. The predicted octanol–water partition coefficient (Wildman–Crippen LogP) is 3.59. The van der Waals surface area contributed by atoms with Crippen LogP contribution in [0.4, 0.5) is 14.9 Å². The summed E-state index contributed by atoms with van der Waals surface area (Å²) in [6, 6.07) is 9.79. The first-order valence-electron chi connectivity index (χ1n) is 6.67. The maximum Gasteiger partial charge on any atom is 0.337 e. The number of halogens is 2. The van der Waals surface area contributed by atoms with Crippen molar-refractivity contribution in [1.29, 1.82) is 0 Å². The highest BCUT2D eigenvalue weighted by molar-refractivity contribution is 6.31. The largest absolute Gasteiger partial charge is 0.465 e. The SMILES string of the molecule is COC(=O)c1cccc(NC(=O)NCc2ccc(F)cc2Cl)c1. The third-order valence-corrected chi connectivity index (χ3v) is 3.35. The second-order valence-electron chi connectivity index (χ2n) is 4.62. The molecule has 0 unspecified atom stereocenters. The predicted molar refractivity (Wildman–Crippen MR) is 85.0 cm³/mol. The molecule has 0 fully saturated rings. The van der Waals surface area contributed by atoms with Gasteiger partial charge in [-0.2, -0.15) is 0 Å². The van der Waals surface area contributed by atoms with Crippen molar-refractivity contribution >= 4 is 29.3 Å². The van der Waals surface area contributed by atoms with Crippen LogP contribution >= 0.6 is 11.6 Å². The fourth-order valence-corrected chi connectivity index (χ4v) is 2.09. The van der Waals surface area contributed by atoms with Gasteiger partial charge in [-0.1, -0.05) is 23.7 Å². The van der Waals surface area contributed by atoms with Gasteiger partial charge in [0, 0.05) is 17.3 Å². The minimum atomic E-state index is -0.493. The van der Waals surface area contributed by atoms with Crippen molar-refractivity contribution in [3.8, 4) is 0 Å². The summed E-state index contributed by atoms with van der Waals surface area (Å²) in [5.41, 5.74) is 1.36. The molecule has 0 radical (unpaired) electrons. The van der Waals surface area contributed by atoms with Crippen LogP contribution in [0.15, 0.2) is 42.5 Å². The van der Waals surface area contributed by atoms with Crippen LogP contribution < -0.4 is 10.6 Å². The fourth-order valence-electron chi connectivity index (χ4n) is 1.86. The molecule has 0 aromatic heterocycles. The zero-order chi connectivity index (χ0) is 16.8. The van der Waals surface area contributed by atoms with Crippen LogP contribution in [0.5, 0.6) is 0 Å². The summed E-state index contributed by atoms with van der Waals surface area (Å²) in [4.78, 5) is 23.3. The van der Waals surface area contributed by atoms with Gasteiger partial charge in [-0.15, -0.1) is 0 Å². The number of urea groups is 1. The summed E-state index contributed by atoms with van der Waals surface area (Å²) in [6.45, 7) is 0.141. The van der Waals surface area contributed by atoms with Crippen LogP contribution in [0, 0.1) is 5.82 Å². The summed E-state index contributed by atoms with van der Waals surface area (Å²) >= 11 is 5.88. The summed E-state index contributed by atoms with van der Waals surface area (Å²) in [7, 11) is 1.28. The van der Waals surface area contributed by atoms with E-state index in [-0.39, 0.29) is 11.6 Å². The smallest absolute Gasteiger partial charge is 0.337 e. The molecule has 0 aliphatic heterocycles. The molecule has 0 aliphatic carbocycles. The first-order chi connectivity index (χ1) is 11.0. The van der Waals surface area contributed by atoms with Crippen LogP contribution in [-0.2, 0) is 11.3 Å². The van der Waals surface area contributed by atoms with E-state index in [2.05, 4.69) is 15.4 Å². The van der Waals surface area contributed by atoms with Crippen molar-refractivity contribution < 1.29 is 18.7 Å². The maximum absolute atomic E-state index is 12.9. The van der Waals surface area contributed by atoms with Crippen LogP contribution in [0.3, 0.4) is 0 Å². The Balaban J connectivity index is 1.96. The number of carbonyl (C=O) groups excluding carboxylic acids is 2. The molecule has 7 heteroatoms. The van der Waals surface area contributed by atoms with E-state index < -0.39 is 17.8 Å². The van der Waals surface area contributed by atoms with E-state index in [9.17, 15) is 14.0 Å². The molecule has 0 aliphatic rings. The lowest BCUT2D eigenvalue weighted by molar-refractivity contribution is 0.0600. The molecule has 0 saturated heterocycles. The Kier molecular flexibility index (Phi) is 5.54. The molecule has 0 atom stereocenters. The lowest BCUT2D eigenvalue weighted by Gasteiger charge is -2.09. The summed E-state index contributed by atoms with van der Waals surface area (Å²) in [6.07, 6.45) is 0. The van der Waals surface area contributed by atoms with E-state index in [1.54, 1.807) is 18.2 Å². The first-order valence-corrected chi connectivity index (χ1v) is 7.04. The second-order valence-corrected chi connectivity index (χ2v) is 5.02. The minimum Gasteiger partial charge on any atom is -0.465 e. The van der Waals surface area contributed by atoms with Crippen molar-refractivity contribution in [3.05, 3.63) is 64.4 Å². The summed E-state index contributed by atoms with van der Waals surface area (Å²) < 4.78 is 17.6. The zero-order valence-electron chi connectivity index (χ0n) is 12.2. The average Bonchev–Trinajstić information content (AvgIpc) is 2.53. The summed E-state index contributed by atoms with van der Waals surface area (Å²) in [5, 5.41) is 5.42. The van der Waals surface area contributed by atoms with E-state index >= 15 is 0 Å². The third-order valence-electron chi connectivity index (χ3n) is 3.00. The molecule has 23 heavy (non-hydrogen) atoms. The molecule has 2 rings (SSSR count). The number of anilines is 1. The number of ether oxygens (including phenoxy) is 1. The van der Waals surface area contributed by atoms with Crippen molar-refractivity contribution in [1.82, 2.24) is 5.32 Å². The van der Waals surface area contributed by atoms with Crippen LogP contribution in [-0.4, -0.2) is 19.1 Å². The van der Waals surface area contributed by atoms with Gasteiger partial charge in [-0.3, -0.25) is 0 Å². The highest BCUT2D eigenvalue weighted by atomic mass is 35.5. The van der Waals surface area contributed by atoms with Crippen molar-refractivity contribution in [2.75, 3.05) is 12.4 Å². The van der Waals surface area contributed by atoms with Gasteiger partial charge in [0.2, 0.25) is 0 Å². The Hall–Kier alpha value is -2.60. The standard InChI is InChI=1S/C16H14ClFN2O3/c1-23-15(21)10-3-2-4-13(7-10)20-16(22)19-9-11-5-6-12(18)8-14(11)17/h2-8H,9H2,1H3,(H2,19,20,22). The van der Waals surface area contributed by atoms with Gasteiger partial charge < -0.3 is 15.4 Å². The van der Waals surface area contributed by atoms with Crippen LogP contribution in [0.2, 0.25) is 5.02 Å². The van der Waals surface area contributed by atoms with E-state index in [1.807, 2.05) is 0 Å². The molecular formula is C16H14ClFN2O3. The minimum absolute atomic E-state index is 0.141. The number of nitrogens with one attached hydrogen (secondary N) is 2. The highest BCUT2D eigenvalue weighted by Crippen LogP contribution is 2.17. The van der Waals surface area contributed by atoms with Crippen molar-refractivity contribution in [2.24, 2.45) is 0 Å². The Morgan fingerprint density at radius 2 is 2.00 bits per heavy atom. The molecule has 2 aromatic carbocycles. The lowest BCUT2D eigenvalue weighted by atomic mass is 10.2. The van der Waals surface area contributed by atoms with Gasteiger partial charge in [0.05, 0.1) is 12.7 Å². The lowest BCUT2D eigenvalue weighted by Crippen LogP contribution is -2.28. The fraction of sp³-hybridized carbons (Fsp3) is 0.125. The normalized spacial score (nSPS) is 10.0. The van der Waals surface area contributed by atoms with E-state index in [0.717, 1.165) is 0 Å². The maximum atomic E-state index is 12.9.